The van der Waals surface area contributed by atoms with E-state index in [-0.39, 0.29) is 24.0 Å². The maximum Gasteiger partial charge on any atom is 0.273 e. The van der Waals surface area contributed by atoms with Crippen LogP contribution in [-0.4, -0.2) is 56.7 Å². The molecule has 2 aromatic heterocycles. The molecule has 0 radical (unpaired) electrons. The number of benzene rings is 1. The number of nitrogens with one attached hydrogen (secondary N) is 1. The van der Waals surface area contributed by atoms with Crippen LogP contribution in [-0.2, 0) is 16.1 Å². The van der Waals surface area contributed by atoms with Crippen LogP contribution in [0.25, 0.3) is 16.6 Å². The van der Waals surface area contributed by atoms with Crippen LogP contribution in [0.2, 0.25) is 0 Å². The van der Waals surface area contributed by atoms with Crippen molar-refractivity contribution in [1.82, 2.24) is 19.4 Å². The monoisotopic (exact) mass is 488 g/mol. The largest absolute Gasteiger partial charge is 0.376 e. The Hall–Kier alpha value is -3.06. The number of aryl methyl sites for hydroxylation is 1. The van der Waals surface area contributed by atoms with Crippen LogP contribution in [0.3, 0.4) is 0 Å². The first-order valence-corrected chi connectivity index (χ1v) is 13.5. The number of hydrogen-bond acceptors (Lipinski definition) is 3. The maximum absolute atomic E-state index is 14.4. The normalized spacial score (nSPS) is 24.9. The molecule has 1 saturated heterocycles. The van der Waals surface area contributed by atoms with Gasteiger partial charge in [0.25, 0.3) is 5.91 Å². The third kappa shape index (κ3) is 3.84. The zero-order valence-corrected chi connectivity index (χ0v) is 21.3. The van der Waals surface area contributed by atoms with Gasteiger partial charge in [-0.1, -0.05) is 30.9 Å². The van der Waals surface area contributed by atoms with Gasteiger partial charge in [0.1, 0.15) is 11.2 Å². The summed E-state index contributed by atoms with van der Waals surface area (Å²) in [7, 11) is 0. The second-order valence-corrected chi connectivity index (χ2v) is 11.0. The van der Waals surface area contributed by atoms with E-state index in [0.717, 1.165) is 60.7 Å². The van der Waals surface area contributed by atoms with Crippen LogP contribution < -0.4 is 5.32 Å². The summed E-state index contributed by atoms with van der Waals surface area (Å²) in [6.45, 7) is 5.57. The molecule has 1 saturated carbocycles. The predicted molar refractivity (Wildman–Crippen MR) is 139 cm³/mol. The van der Waals surface area contributed by atoms with Crippen molar-refractivity contribution in [2.24, 2.45) is 0 Å². The van der Waals surface area contributed by atoms with E-state index in [9.17, 15) is 9.59 Å². The third-order valence-corrected chi connectivity index (χ3v) is 8.40. The number of carbonyl (C=O) groups excluding carboxylic acids is 2. The molecule has 1 aliphatic carbocycles. The molecule has 6 rings (SSSR count). The van der Waals surface area contributed by atoms with Gasteiger partial charge in [-0.3, -0.25) is 9.59 Å². The van der Waals surface area contributed by atoms with Gasteiger partial charge in [-0.25, -0.2) is 0 Å². The minimum Gasteiger partial charge on any atom is -0.376 e. The molecule has 3 aromatic rings. The average molecular weight is 489 g/mol. The van der Waals surface area contributed by atoms with Gasteiger partial charge in [-0.15, -0.1) is 0 Å². The Balaban J connectivity index is 1.48. The molecule has 2 amide bonds. The molecule has 3 aliphatic rings. The van der Waals surface area contributed by atoms with E-state index >= 15 is 0 Å². The fourth-order valence-corrected chi connectivity index (χ4v) is 6.38. The minimum absolute atomic E-state index is 0.0380. The first kappa shape index (κ1) is 23.3. The summed E-state index contributed by atoms with van der Waals surface area (Å²) in [4.78, 5) is 30.2. The molecular weight excluding hydrogens is 452 g/mol. The highest BCUT2D eigenvalue weighted by Crippen LogP contribution is 2.39. The van der Waals surface area contributed by atoms with Gasteiger partial charge < -0.3 is 24.1 Å². The van der Waals surface area contributed by atoms with E-state index in [1.165, 1.54) is 6.42 Å². The van der Waals surface area contributed by atoms with Crippen LogP contribution in [0.5, 0.6) is 0 Å². The number of amides is 2. The van der Waals surface area contributed by atoms with Crippen molar-refractivity contribution in [1.29, 1.82) is 0 Å². The first-order chi connectivity index (χ1) is 17.5. The lowest BCUT2D eigenvalue weighted by atomic mass is 9.91. The summed E-state index contributed by atoms with van der Waals surface area (Å²) in [6, 6.07) is 10.5. The van der Waals surface area contributed by atoms with Gasteiger partial charge in [-0.05, 0) is 63.8 Å². The quantitative estimate of drug-likeness (QED) is 0.572. The Morgan fingerprint density at radius 3 is 2.61 bits per heavy atom. The molecule has 2 atom stereocenters. The lowest BCUT2D eigenvalue weighted by molar-refractivity contribution is -0.134. The van der Waals surface area contributed by atoms with Crippen molar-refractivity contribution < 1.29 is 14.3 Å². The zero-order chi connectivity index (χ0) is 24.9. The molecule has 4 heterocycles. The minimum atomic E-state index is -1.00. The van der Waals surface area contributed by atoms with Crippen LogP contribution >= 0.6 is 0 Å². The Morgan fingerprint density at radius 2 is 1.89 bits per heavy atom. The predicted octanol–water partition coefficient (Wildman–Crippen LogP) is 4.58. The smallest absolute Gasteiger partial charge is 0.273 e. The molecule has 190 valence electrons. The highest BCUT2D eigenvalue weighted by atomic mass is 16.5. The Kier molecular flexibility index (Phi) is 5.91. The topological polar surface area (TPSA) is 68.5 Å². The molecule has 0 spiro atoms. The number of nitrogens with zero attached hydrogens (tertiary/aromatic N) is 3. The van der Waals surface area contributed by atoms with E-state index in [2.05, 4.69) is 35.0 Å². The molecule has 36 heavy (non-hydrogen) atoms. The first-order valence-electron chi connectivity index (χ1n) is 13.5. The number of carbonyl (C=O) groups is 2. The SMILES string of the molecule is Cc1ccc2c(c1)c(-n1cccc1)c1n2C[C@@](C)(C(=O)NC2CCCCC2)N(C[C@H]2CCCO2)C1=O. The van der Waals surface area contributed by atoms with Crippen LogP contribution in [0.15, 0.2) is 42.7 Å². The fraction of sp³-hybridized carbons (Fsp3) is 0.517. The van der Waals surface area contributed by atoms with Crippen molar-refractivity contribution in [3.63, 3.8) is 0 Å². The summed E-state index contributed by atoms with van der Waals surface area (Å²) in [5, 5.41) is 4.37. The maximum atomic E-state index is 14.4. The van der Waals surface area contributed by atoms with Gasteiger partial charge in [-0.2, -0.15) is 0 Å². The van der Waals surface area contributed by atoms with Crippen LogP contribution in [0.4, 0.5) is 0 Å². The molecule has 0 unspecified atom stereocenters. The summed E-state index contributed by atoms with van der Waals surface area (Å²) in [5.41, 5.74) is 2.66. The molecule has 7 heteroatoms. The van der Waals surface area contributed by atoms with E-state index in [1.54, 1.807) is 0 Å². The molecule has 2 fully saturated rings. The second kappa shape index (κ2) is 9.11. The van der Waals surface area contributed by atoms with Crippen LogP contribution in [0.1, 0.15) is 67.9 Å². The molecule has 0 bridgehead atoms. The summed E-state index contributed by atoms with van der Waals surface area (Å²) < 4.78 is 10.1. The molecule has 1 N–H and O–H groups in total. The number of fused-ring (bicyclic) bond motifs is 3. The highest BCUT2D eigenvalue weighted by molar-refractivity contribution is 6.09. The average Bonchev–Trinajstić information content (AvgIpc) is 3.63. The highest BCUT2D eigenvalue weighted by Gasteiger charge is 2.50. The zero-order valence-electron chi connectivity index (χ0n) is 21.3. The Labute approximate surface area is 212 Å². The van der Waals surface area contributed by atoms with Crippen molar-refractivity contribution in [3.8, 4) is 5.69 Å². The molecule has 1 aromatic carbocycles. The van der Waals surface area contributed by atoms with Crippen molar-refractivity contribution in [3.05, 3.63) is 54.0 Å². The number of hydrogen-bond donors (Lipinski definition) is 1. The Morgan fingerprint density at radius 1 is 1.11 bits per heavy atom. The van der Waals surface area contributed by atoms with E-state index < -0.39 is 5.54 Å². The standard InChI is InChI=1S/C29H36N4O3/c1-20-12-13-24-23(17-20)25(31-14-6-7-15-31)26-27(34)33(18-22-11-8-16-36-22)29(2,19-32(24)26)28(35)30-21-9-4-3-5-10-21/h6-7,12-15,17,21-22H,3-5,8-11,16,18-19H2,1-2H3,(H,30,35)/t22-,29+/m1/s1. The molecule has 2 aliphatic heterocycles. The van der Waals surface area contributed by atoms with Gasteiger partial charge in [0, 0.05) is 37.0 Å². The second-order valence-electron chi connectivity index (χ2n) is 11.0. The van der Waals surface area contributed by atoms with Crippen molar-refractivity contribution in [2.45, 2.75) is 83.0 Å². The van der Waals surface area contributed by atoms with Crippen molar-refractivity contribution in [2.75, 3.05) is 13.2 Å². The molecular formula is C29H36N4O3. The molecule has 7 nitrogen and oxygen atoms in total. The summed E-state index contributed by atoms with van der Waals surface area (Å²) in [6.07, 6.45) is 11.4. The lowest BCUT2D eigenvalue weighted by Crippen LogP contribution is -2.66. The fourth-order valence-electron chi connectivity index (χ4n) is 6.38. The third-order valence-electron chi connectivity index (χ3n) is 8.40. The summed E-state index contributed by atoms with van der Waals surface area (Å²) in [5.74, 6) is -0.154. The lowest BCUT2D eigenvalue weighted by Gasteiger charge is -2.45. The van der Waals surface area contributed by atoms with Gasteiger partial charge in [0.15, 0.2) is 0 Å². The van der Waals surface area contributed by atoms with E-state index in [4.69, 9.17) is 4.74 Å². The van der Waals surface area contributed by atoms with Crippen LogP contribution in [0, 0.1) is 6.92 Å². The summed E-state index contributed by atoms with van der Waals surface area (Å²) >= 11 is 0. The number of aromatic nitrogens is 2. The van der Waals surface area contributed by atoms with E-state index in [0.29, 0.717) is 25.4 Å². The number of ether oxygens (including phenoxy) is 1. The van der Waals surface area contributed by atoms with Gasteiger partial charge in [0.05, 0.1) is 23.9 Å². The van der Waals surface area contributed by atoms with Crippen molar-refractivity contribution >= 4 is 22.7 Å². The van der Waals surface area contributed by atoms with Gasteiger partial charge >= 0.3 is 0 Å². The Bertz CT molecular complexity index is 1280. The van der Waals surface area contributed by atoms with E-state index in [1.807, 2.05) is 40.9 Å². The van der Waals surface area contributed by atoms with Gasteiger partial charge in [0.2, 0.25) is 5.91 Å². The number of rotatable bonds is 5.